The summed E-state index contributed by atoms with van der Waals surface area (Å²) in [4.78, 5) is 0. The molecule has 0 spiro atoms. The zero-order valence-electron chi connectivity index (χ0n) is 10.8. The third kappa shape index (κ3) is 3.24. The first-order valence-electron chi connectivity index (χ1n) is 6.41. The average molecular weight is 237 g/mol. The molecule has 1 heteroatoms. The molecule has 0 fully saturated rings. The zero-order valence-corrected chi connectivity index (χ0v) is 10.8. The Morgan fingerprint density at radius 1 is 1.17 bits per heavy atom. The molecule has 2 rings (SSSR count). The molecule has 92 valence electrons. The van der Waals surface area contributed by atoms with E-state index in [0.717, 1.165) is 17.8 Å². The first-order valence-corrected chi connectivity index (χ1v) is 6.41. The molecule has 0 saturated carbocycles. The van der Waals surface area contributed by atoms with E-state index in [-0.39, 0.29) is 0 Å². The van der Waals surface area contributed by atoms with E-state index >= 15 is 0 Å². The number of anilines is 1. The lowest BCUT2D eigenvalue weighted by atomic mass is 10.1. The first kappa shape index (κ1) is 12.4. The van der Waals surface area contributed by atoms with Crippen LogP contribution in [0, 0.1) is 0 Å². The minimum absolute atomic E-state index is 0.929. The number of hydrogen-bond donors (Lipinski definition) is 1. The van der Waals surface area contributed by atoms with Crippen molar-refractivity contribution in [1.29, 1.82) is 0 Å². The van der Waals surface area contributed by atoms with Crippen molar-refractivity contribution in [2.75, 3.05) is 5.32 Å². The fraction of sp³-hybridized carbons (Fsp3) is 0.176. The molecule has 1 N–H and O–H groups in total. The molecule has 0 saturated heterocycles. The fourth-order valence-electron chi connectivity index (χ4n) is 1.89. The molecule has 0 aliphatic heterocycles. The number of allylic oxidation sites excluding steroid dienone is 2. The molecule has 0 aliphatic rings. The highest BCUT2D eigenvalue weighted by atomic mass is 14.9. The van der Waals surface area contributed by atoms with Gasteiger partial charge in [0.1, 0.15) is 0 Å². The molecule has 0 heterocycles. The summed E-state index contributed by atoms with van der Waals surface area (Å²) in [6.07, 6.45) is 6.45. The van der Waals surface area contributed by atoms with Crippen molar-refractivity contribution in [3.8, 4) is 0 Å². The van der Waals surface area contributed by atoms with E-state index in [9.17, 15) is 0 Å². The van der Waals surface area contributed by atoms with Crippen LogP contribution >= 0.6 is 0 Å². The minimum Gasteiger partial charge on any atom is -0.356 e. The van der Waals surface area contributed by atoms with Gasteiger partial charge in [0, 0.05) is 11.4 Å². The van der Waals surface area contributed by atoms with Crippen LogP contribution in [0.4, 0.5) is 5.69 Å². The van der Waals surface area contributed by atoms with Gasteiger partial charge in [0.05, 0.1) is 0 Å². The Balaban J connectivity index is 2.10. The third-order valence-corrected chi connectivity index (χ3v) is 2.83. The Kier molecular flexibility index (Phi) is 4.19. The standard InChI is InChI=1S/C17H19N/c1-3-4-5-8-14(2)18-17-12-11-15-9-6-7-10-16(15)13-17/h5-13,18H,2-4H2,1H3/b8-5-. The van der Waals surface area contributed by atoms with Crippen LogP contribution in [-0.2, 0) is 0 Å². The highest BCUT2D eigenvalue weighted by Gasteiger charge is 1.95. The molecule has 0 bridgehead atoms. The van der Waals surface area contributed by atoms with E-state index in [1.165, 1.54) is 17.2 Å². The van der Waals surface area contributed by atoms with Crippen LogP contribution in [0.15, 0.2) is 66.9 Å². The van der Waals surface area contributed by atoms with Crippen molar-refractivity contribution in [3.05, 3.63) is 66.9 Å². The predicted molar refractivity (Wildman–Crippen MR) is 80.8 cm³/mol. The monoisotopic (exact) mass is 237 g/mol. The van der Waals surface area contributed by atoms with Crippen LogP contribution in [0.2, 0.25) is 0 Å². The smallest absolute Gasteiger partial charge is 0.0390 e. The molecular formula is C17H19N. The molecular weight excluding hydrogens is 218 g/mol. The molecule has 0 radical (unpaired) electrons. The van der Waals surface area contributed by atoms with Gasteiger partial charge >= 0.3 is 0 Å². The van der Waals surface area contributed by atoms with Gasteiger partial charge in [-0.1, -0.05) is 56.3 Å². The lowest BCUT2D eigenvalue weighted by molar-refractivity contribution is 0.958. The highest BCUT2D eigenvalue weighted by Crippen LogP contribution is 2.19. The van der Waals surface area contributed by atoms with Crippen LogP contribution < -0.4 is 5.32 Å². The van der Waals surface area contributed by atoms with Gasteiger partial charge < -0.3 is 5.32 Å². The summed E-state index contributed by atoms with van der Waals surface area (Å²) in [5, 5.41) is 5.81. The van der Waals surface area contributed by atoms with Crippen LogP contribution in [0.1, 0.15) is 19.8 Å². The highest BCUT2D eigenvalue weighted by molar-refractivity contribution is 5.85. The van der Waals surface area contributed by atoms with E-state index in [1.807, 2.05) is 6.08 Å². The summed E-state index contributed by atoms with van der Waals surface area (Å²) in [5.74, 6) is 0. The maximum absolute atomic E-state index is 4.00. The van der Waals surface area contributed by atoms with Crippen molar-refractivity contribution in [3.63, 3.8) is 0 Å². The third-order valence-electron chi connectivity index (χ3n) is 2.83. The lowest BCUT2D eigenvalue weighted by Gasteiger charge is -2.07. The van der Waals surface area contributed by atoms with Crippen molar-refractivity contribution in [2.45, 2.75) is 19.8 Å². The van der Waals surface area contributed by atoms with Gasteiger partial charge in [-0.25, -0.2) is 0 Å². The SMILES string of the molecule is C=C(/C=C\CCC)Nc1ccc2ccccc2c1. The summed E-state index contributed by atoms with van der Waals surface area (Å²) in [6.45, 7) is 6.17. The van der Waals surface area contributed by atoms with Gasteiger partial charge in [-0.05, 0) is 35.4 Å². The summed E-state index contributed by atoms with van der Waals surface area (Å²) in [5.41, 5.74) is 2.01. The normalized spacial score (nSPS) is 10.9. The Hall–Kier alpha value is -2.02. The molecule has 1 nitrogen and oxygen atoms in total. The van der Waals surface area contributed by atoms with Gasteiger partial charge in [0.15, 0.2) is 0 Å². The largest absolute Gasteiger partial charge is 0.356 e. The number of rotatable bonds is 5. The molecule has 0 atom stereocenters. The van der Waals surface area contributed by atoms with E-state index in [1.54, 1.807) is 0 Å². The number of fused-ring (bicyclic) bond motifs is 1. The topological polar surface area (TPSA) is 12.0 Å². The summed E-state index contributed by atoms with van der Waals surface area (Å²) in [7, 11) is 0. The maximum Gasteiger partial charge on any atom is 0.0390 e. The van der Waals surface area contributed by atoms with Gasteiger partial charge in [-0.3, -0.25) is 0 Å². The van der Waals surface area contributed by atoms with Gasteiger partial charge in [-0.15, -0.1) is 0 Å². The van der Waals surface area contributed by atoms with E-state index in [4.69, 9.17) is 0 Å². The predicted octanol–water partition coefficient (Wildman–Crippen LogP) is 5.12. The lowest BCUT2D eigenvalue weighted by Crippen LogP contribution is -1.94. The van der Waals surface area contributed by atoms with Crippen LogP contribution in [0.25, 0.3) is 10.8 Å². The van der Waals surface area contributed by atoms with Gasteiger partial charge in [0.2, 0.25) is 0 Å². The number of unbranched alkanes of at least 4 members (excludes halogenated alkanes) is 1. The second-order valence-electron chi connectivity index (χ2n) is 4.40. The Bertz CT molecular complexity index is 567. The summed E-state index contributed by atoms with van der Waals surface area (Å²) >= 11 is 0. The van der Waals surface area contributed by atoms with Crippen molar-refractivity contribution >= 4 is 16.5 Å². The molecule has 0 unspecified atom stereocenters. The second kappa shape index (κ2) is 6.06. The second-order valence-corrected chi connectivity index (χ2v) is 4.40. The number of benzene rings is 2. The van der Waals surface area contributed by atoms with E-state index < -0.39 is 0 Å². The molecule has 2 aromatic rings. The molecule has 2 aromatic carbocycles. The van der Waals surface area contributed by atoms with E-state index in [2.05, 4.69) is 67.4 Å². The molecule has 0 aromatic heterocycles. The number of nitrogens with one attached hydrogen (secondary N) is 1. The van der Waals surface area contributed by atoms with Gasteiger partial charge in [0.25, 0.3) is 0 Å². The first-order chi connectivity index (χ1) is 8.79. The van der Waals surface area contributed by atoms with E-state index in [0.29, 0.717) is 0 Å². The van der Waals surface area contributed by atoms with Crippen LogP contribution in [-0.4, -0.2) is 0 Å². The summed E-state index contributed by atoms with van der Waals surface area (Å²) in [6, 6.07) is 14.7. The van der Waals surface area contributed by atoms with Crippen molar-refractivity contribution in [2.24, 2.45) is 0 Å². The Labute approximate surface area is 109 Å². The molecule has 18 heavy (non-hydrogen) atoms. The fourth-order valence-corrected chi connectivity index (χ4v) is 1.89. The molecule has 0 amide bonds. The van der Waals surface area contributed by atoms with Crippen LogP contribution in [0.3, 0.4) is 0 Å². The summed E-state index contributed by atoms with van der Waals surface area (Å²) < 4.78 is 0. The maximum atomic E-state index is 4.00. The average Bonchev–Trinajstić information content (AvgIpc) is 2.39. The number of hydrogen-bond acceptors (Lipinski definition) is 1. The zero-order chi connectivity index (χ0) is 12.8. The molecule has 0 aliphatic carbocycles. The van der Waals surface area contributed by atoms with Crippen molar-refractivity contribution in [1.82, 2.24) is 0 Å². The quantitative estimate of drug-likeness (QED) is 0.711. The van der Waals surface area contributed by atoms with Gasteiger partial charge in [-0.2, -0.15) is 0 Å². The van der Waals surface area contributed by atoms with Crippen LogP contribution in [0.5, 0.6) is 0 Å². The Morgan fingerprint density at radius 2 is 1.94 bits per heavy atom. The van der Waals surface area contributed by atoms with Crippen molar-refractivity contribution < 1.29 is 0 Å². The Morgan fingerprint density at radius 3 is 2.72 bits per heavy atom. The minimum atomic E-state index is 0.929.